The summed E-state index contributed by atoms with van der Waals surface area (Å²) in [4.78, 5) is 33.8. The Morgan fingerprint density at radius 2 is 1.89 bits per heavy atom. The predicted molar refractivity (Wildman–Crippen MR) is 111 cm³/mol. The zero-order valence-electron chi connectivity index (χ0n) is 15.7. The number of nitrogens with one attached hydrogen (secondary N) is 1. The minimum absolute atomic E-state index is 0.0888. The summed E-state index contributed by atoms with van der Waals surface area (Å²) in [5, 5.41) is 3.40. The molecule has 0 bridgehead atoms. The Bertz CT molecular complexity index is 1030. The first-order valence-corrected chi connectivity index (χ1v) is 9.78. The Kier molecular flexibility index (Phi) is 4.83. The first-order chi connectivity index (χ1) is 13.5. The fourth-order valence-electron chi connectivity index (χ4n) is 3.08. The van der Waals surface area contributed by atoms with Crippen molar-refractivity contribution in [2.45, 2.75) is 20.0 Å². The molecule has 0 aliphatic carbocycles. The van der Waals surface area contributed by atoms with Gasteiger partial charge in [0.15, 0.2) is 5.13 Å². The minimum atomic E-state index is -0.282. The van der Waals surface area contributed by atoms with E-state index in [4.69, 9.17) is 0 Å². The van der Waals surface area contributed by atoms with Crippen LogP contribution in [-0.4, -0.2) is 28.9 Å². The van der Waals surface area contributed by atoms with Gasteiger partial charge in [0, 0.05) is 19.3 Å². The maximum atomic E-state index is 12.7. The van der Waals surface area contributed by atoms with Gasteiger partial charge < -0.3 is 10.2 Å². The molecule has 3 aromatic rings. The Morgan fingerprint density at radius 3 is 2.61 bits per heavy atom. The van der Waals surface area contributed by atoms with Gasteiger partial charge in [-0.05, 0) is 24.1 Å². The molecule has 4 rings (SSSR count). The second kappa shape index (κ2) is 7.44. The van der Waals surface area contributed by atoms with Crippen LogP contribution in [0.3, 0.4) is 0 Å². The molecule has 7 heteroatoms. The number of para-hydroxylation sites is 1. The number of urea groups is 1. The van der Waals surface area contributed by atoms with Gasteiger partial charge in [0.05, 0.1) is 11.4 Å². The molecular formula is C21H20N4O2S. The summed E-state index contributed by atoms with van der Waals surface area (Å²) in [6, 6.07) is 17.2. The molecule has 2 aromatic carbocycles. The average Bonchev–Trinajstić information content (AvgIpc) is 3.23. The van der Waals surface area contributed by atoms with Crippen LogP contribution in [-0.2, 0) is 13.1 Å². The standard InChI is InChI=1S/C21H20N4O2S/c1-14-8-6-7-11-16(14)22-20(27)24(2)21-23-18-17(28-21)13-25(19(18)26)12-15-9-4-3-5-10-15/h3-11H,12-13H2,1-2H3,(H,22,27). The van der Waals surface area contributed by atoms with E-state index >= 15 is 0 Å². The third kappa shape index (κ3) is 3.48. The molecule has 1 aliphatic heterocycles. The molecule has 3 amide bonds. The number of aromatic nitrogens is 1. The van der Waals surface area contributed by atoms with Gasteiger partial charge in [0.2, 0.25) is 0 Å². The molecule has 0 saturated heterocycles. The highest BCUT2D eigenvalue weighted by Gasteiger charge is 2.33. The van der Waals surface area contributed by atoms with Crippen LogP contribution in [0.25, 0.3) is 0 Å². The predicted octanol–water partition coefficient (Wildman–Crippen LogP) is 4.28. The molecule has 0 radical (unpaired) electrons. The molecule has 0 saturated carbocycles. The number of hydrogen-bond acceptors (Lipinski definition) is 4. The Hall–Kier alpha value is -3.19. The van der Waals surface area contributed by atoms with E-state index in [0.29, 0.717) is 23.9 Å². The minimum Gasteiger partial charge on any atom is -0.328 e. The van der Waals surface area contributed by atoms with E-state index in [-0.39, 0.29) is 11.9 Å². The molecule has 1 N–H and O–H groups in total. The molecule has 6 nitrogen and oxygen atoms in total. The fourth-order valence-corrected chi connectivity index (χ4v) is 4.11. The van der Waals surface area contributed by atoms with Crippen molar-refractivity contribution in [3.8, 4) is 0 Å². The normalized spacial score (nSPS) is 12.8. The Labute approximate surface area is 167 Å². The third-order valence-corrected chi connectivity index (χ3v) is 5.82. The number of nitrogens with zero attached hydrogens (tertiary/aromatic N) is 3. The summed E-state index contributed by atoms with van der Waals surface area (Å²) in [5.74, 6) is -0.0888. The quantitative estimate of drug-likeness (QED) is 0.721. The van der Waals surface area contributed by atoms with Gasteiger partial charge in [0.1, 0.15) is 5.69 Å². The number of hydrogen-bond donors (Lipinski definition) is 1. The molecule has 0 unspecified atom stereocenters. The molecule has 2 heterocycles. The van der Waals surface area contributed by atoms with E-state index < -0.39 is 0 Å². The number of anilines is 2. The molecule has 1 aliphatic rings. The van der Waals surface area contributed by atoms with Gasteiger partial charge in [-0.25, -0.2) is 9.78 Å². The van der Waals surface area contributed by atoms with Crippen molar-refractivity contribution in [3.05, 3.63) is 76.3 Å². The summed E-state index contributed by atoms with van der Waals surface area (Å²) in [6.07, 6.45) is 0. The van der Waals surface area contributed by atoms with Gasteiger partial charge in [-0.1, -0.05) is 59.9 Å². The third-order valence-electron chi connectivity index (χ3n) is 4.70. The number of thiazole rings is 1. The number of carbonyl (C=O) groups is 2. The molecule has 1 aromatic heterocycles. The van der Waals surface area contributed by atoms with Gasteiger partial charge >= 0.3 is 6.03 Å². The lowest BCUT2D eigenvalue weighted by Crippen LogP contribution is -2.31. The monoisotopic (exact) mass is 392 g/mol. The van der Waals surface area contributed by atoms with Crippen LogP contribution < -0.4 is 10.2 Å². The van der Waals surface area contributed by atoms with Crippen molar-refractivity contribution in [2.24, 2.45) is 0 Å². The average molecular weight is 392 g/mol. The van der Waals surface area contributed by atoms with Crippen LogP contribution in [0.1, 0.15) is 26.5 Å². The highest BCUT2D eigenvalue weighted by atomic mass is 32.1. The van der Waals surface area contributed by atoms with Crippen molar-refractivity contribution in [1.82, 2.24) is 9.88 Å². The number of rotatable bonds is 4. The summed E-state index contributed by atoms with van der Waals surface area (Å²) in [6.45, 7) is 3.02. The summed E-state index contributed by atoms with van der Waals surface area (Å²) < 4.78 is 0. The lowest BCUT2D eigenvalue weighted by atomic mass is 10.2. The highest BCUT2D eigenvalue weighted by Crippen LogP contribution is 2.33. The van der Waals surface area contributed by atoms with E-state index in [1.165, 1.54) is 16.2 Å². The van der Waals surface area contributed by atoms with Crippen molar-refractivity contribution < 1.29 is 9.59 Å². The molecule has 0 fully saturated rings. The van der Waals surface area contributed by atoms with Crippen LogP contribution >= 0.6 is 11.3 Å². The first-order valence-electron chi connectivity index (χ1n) is 8.96. The molecule has 28 heavy (non-hydrogen) atoms. The zero-order valence-corrected chi connectivity index (χ0v) is 16.5. The molecule has 0 atom stereocenters. The van der Waals surface area contributed by atoms with Gasteiger partial charge in [-0.2, -0.15) is 0 Å². The van der Waals surface area contributed by atoms with Crippen molar-refractivity contribution in [3.63, 3.8) is 0 Å². The molecule has 0 spiro atoms. The molecular weight excluding hydrogens is 372 g/mol. The van der Waals surface area contributed by atoms with E-state index in [0.717, 1.165) is 21.7 Å². The lowest BCUT2D eigenvalue weighted by Gasteiger charge is -2.18. The number of benzene rings is 2. The van der Waals surface area contributed by atoms with Crippen LogP contribution in [0.15, 0.2) is 54.6 Å². The van der Waals surface area contributed by atoms with Crippen LogP contribution in [0.4, 0.5) is 15.6 Å². The fraction of sp³-hybridized carbons (Fsp3) is 0.190. The zero-order chi connectivity index (χ0) is 19.7. The van der Waals surface area contributed by atoms with E-state index in [2.05, 4.69) is 10.3 Å². The smallest absolute Gasteiger partial charge is 0.327 e. The number of amides is 3. The van der Waals surface area contributed by atoms with Crippen molar-refractivity contribution in [2.75, 3.05) is 17.3 Å². The van der Waals surface area contributed by atoms with Crippen LogP contribution in [0, 0.1) is 6.92 Å². The van der Waals surface area contributed by atoms with E-state index in [9.17, 15) is 9.59 Å². The summed E-state index contributed by atoms with van der Waals surface area (Å²) >= 11 is 1.38. The van der Waals surface area contributed by atoms with Gasteiger partial charge in [-0.3, -0.25) is 9.69 Å². The van der Waals surface area contributed by atoms with Crippen molar-refractivity contribution in [1.29, 1.82) is 0 Å². The Balaban J connectivity index is 1.46. The van der Waals surface area contributed by atoms with E-state index in [1.54, 1.807) is 11.9 Å². The molecule has 142 valence electrons. The van der Waals surface area contributed by atoms with Crippen LogP contribution in [0.5, 0.6) is 0 Å². The maximum absolute atomic E-state index is 12.7. The maximum Gasteiger partial charge on any atom is 0.327 e. The number of aryl methyl sites for hydroxylation is 1. The Morgan fingerprint density at radius 1 is 1.18 bits per heavy atom. The number of carbonyl (C=O) groups excluding carboxylic acids is 2. The topological polar surface area (TPSA) is 65.5 Å². The second-order valence-corrected chi connectivity index (χ2v) is 7.78. The first kappa shape index (κ1) is 18.2. The van der Waals surface area contributed by atoms with Crippen molar-refractivity contribution >= 4 is 34.1 Å². The highest BCUT2D eigenvalue weighted by molar-refractivity contribution is 7.16. The lowest BCUT2D eigenvalue weighted by molar-refractivity contribution is 0.0762. The van der Waals surface area contributed by atoms with Gasteiger partial charge in [-0.15, -0.1) is 0 Å². The SMILES string of the molecule is Cc1ccccc1NC(=O)N(C)c1nc2c(s1)CN(Cc1ccccc1)C2=O. The van der Waals surface area contributed by atoms with Crippen LogP contribution in [0.2, 0.25) is 0 Å². The second-order valence-electron chi connectivity index (χ2n) is 6.72. The number of fused-ring (bicyclic) bond motifs is 1. The summed E-state index contributed by atoms with van der Waals surface area (Å²) in [7, 11) is 1.66. The van der Waals surface area contributed by atoms with Gasteiger partial charge in [0.25, 0.3) is 5.91 Å². The largest absolute Gasteiger partial charge is 0.328 e. The summed E-state index contributed by atoms with van der Waals surface area (Å²) in [5.41, 5.74) is 3.28. The van der Waals surface area contributed by atoms with E-state index in [1.807, 2.05) is 61.5 Å².